The Bertz CT molecular complexity index is 1400. The van der Waals surface area contributed by atoms with Gasteiger partial charge in [-0.25, -0.2) is 4.99 Å². The van der Waals surface area contributed by atoms with E-state index in [1.165, 1.54) is 11.3 Å². The number of hydrogen-bond acceptors (Lipinski definition) is 4. The van der Waals surface area contributed by atoms with Crippen molar-refractivity contribution in [3.05, 3.63) is 101 Å². The number of amides is 1. The van der Waals surface area contributed by atoms with Crippen molar-refractivity contribution in [2.45, 2.75) is 33.7 Å². The summed E-state index contributed by atoms with van der Waals surface area (Å²) in [6.45, 7) is 8.93. The highest BCUT2D eigenvalue weighted by molar-refractivity contribution is 7.07. The molecule has 3 aromatic rings. The second kappa shape index (κ2) is 9.49. The number of rotatable bonds is 5. The van der Waals surface area contributed by atoms with Crippen LogP contribution in [0.25, 0.3) is 6.08 Å². The van der Waals surface area contributed by atoms with Gasteiger partial charge in [0.1, 0.15) is 0 Å². The SMILES string of the molecule is CCN(CC)C(=O)C1=C(C)N=c2s/c(=C/c3ccc(C)cc3)c(=O)n2[C@@H]1c1ccc(Cl)cc1. The third kappa shape index (κ3) is 4.45. The molecule has 7 heteroatoms. The summed E-state index contributed by atoms with van der Waals surface area (Å²) in [7, 11) is 0. The Hall–Kier alpha value is -2.96. The third-order valence-electron chi connectivity index (χ3n) is 5.86. The van der Waals surface area contributed by atoms with Crippen molar-refractivity contribution in [1.29, 1.82) is 0 Å². The predicted octanol–water partition coefficient (Wildman–Crippen LogP) is 4.07. The Morgan fingerprint density at radius 1 is 1.09 bits per heavy atom. The number of carbonyl (C=O) groups is 1. The van der Waals surface area contributed by atoms with Gasteiger partial charge in [0.25, 0.3) is 11.5 Å². The molecular formula is C26H26ClN3O2S. The number of benzene rings is 2. The molecule has 1 aliphatic heterocycles. The normalized spacial score (nSPS) is 15.9. The molecule has 170 valence electrons. The van der Waals surface area contributed by atoms with Gasteiger partial charge >= 0.3 is 0 Å². The average molecular weight is 480 g/mol. The minimum Gasteiger partial charge on any atom is -0.339 e. The molecule has 0 saturated heterocycles. The third-order valence-corrected chi connectivity index (χ3v) is 7.10. The fraction of sp³-hybridized carbons (Fsp3) is 0.269. The lowest BCUT2D eigenvalue weighted by Crippen LogP contribution is -2.43. The maximum atomic E-state index is 13.6. The van der Waals surface area contributed by atoms with Crippen LogP contribution in [0.2, 0.25) is 5.02 Å². The Labute approximate surface area is 202 Å². The topological polar surface area (TPSA) is 54.7 Å². The Morgan fingerprint density at radius 3 is 2.33 bits per heavy atom. The molecule has 0 fully saturated rings. The Kier molecular flexibility index (Phi) is 6.68. The Morgan fingerprint density at radius 2 is 1.73 bits per heavy atom. The van der Waals surface area contributed by atoms with Gasteiger partial charge in [-0.05, 0) is 57.0 Å². The number of thiazole rings is 1. The van der Waals surface area contributed by atoms with Crippen LogP contribution in [0.1, 0.15) is 43.5 Å². The Balaban J connectivity index is 1.95. The molecule has 0 spiro atoms. The molecule has 1 aromatic heterocycles. The van der Waals surface area contributed by atoms with Crippen LogP contribution in [0.5, 0.6) is 0 Å². The lowest BCUT2D eigenvalue weighted by atomic mass is 9.94. The molecule has 4 rings (SSSR count). The van der Waals surface area contributed by atoms with Crippen LogP contribution in [0, 0.1) is 6.92 Å². The zero-order valence-electron chi connectivity index (χ0n) is 19.1. The highest BCUT2D eigenvalue weighted by atomic mass is 35.5. The standard InChI is InChI=1S/C26H26ClN3O2S/c1-5-29(6-2)25(32)22-17(4)28-26-30(23(22)19-11-13-20(27)14-12-19)24(31)21(33-26)15-18-9-7-16(3)8-10-18/h7-15,23H,5-6H2,1-4H3/b21-15+/t23-/m1/s1. The number of carbonyl (C=O) groups excluding carboxylic acids is 1. The molecule has 1 amide bonds. The van der Waals surface area contributed by atoms with E-state index >= 15 is 0 Å². The quantitative estimate of drug-likeness (QED) is 0.554. The van der Waals surface area contributed by atoms with Gasteiger partial charge in [0.2, 0.25) is 0 Å². The van der Waals surface area contributed by atoms with Crippen molar-refractivity contribution in [1.82, 2.24) is 9.47 Å². The number of halogens is 1. The number of nitrogens with zero attached hydrogens (tertiary/aromatic N) is 3. The number of aromatic nitrogens is 1. The molecule has 1 atom stereocenters. The van der Waals surface area contributed by atoms with E-state index in [2.05, 4.69) is 0 Å². The maximum Gasteiger partial charge on any atom is 0.271 e. The predicted molar refractivity (Wildman–Crippen MR) is 134 cm³/mol. The van der Waals surface area contributed by atoms with E-state index in [-0.39, 0.29) is 11.5 Å². The van der Waals surface area contributed by atoms with E-state index in [9.17, 15) is 9.59 Å². The molecule has 2 aromatic carbocycles. The average Bonchev–Trinajstić information content (AvgIpc) is 3.10. The van der Waals surface area contributed by atoms with Gasteiger partial charge in [-0.2, -0.15) is 0 Å². The number of hydrogen-bond donors (Lipinski definition) is 0. The molecule has 5 nitrogen and oxygen atoms in total. The summed E-state index contributed by atoms with van der Waals surface area (Å²) in [6.07, 6.45) is 1.88. The van der Waals surface area contributed by atoms with Crippen LogP contribution in [0.4, 0.5) is 0 Å². The van der Waals surface area contributed by atoms with Gasteiger partial charge in [-0.3, -0.25) is 14.2 Å². The molecule has 0 bridgehead atoms. The van der Waals surface area contributed by atoms with Crippen LogP contribution in [0.15, 0.2) is 69.6 Å². The first kappa shape index (κ1) is 23.2. The van der Waals surface area contributed by atoms with Gasteiger partial charge in [0.05, 0.1) is 21.8 Å². The number of fused-ring (bicyclic) bond motifs is 1. The van der Waals surface area contributed by atoms with E-state index in [1.807, 2.05) is 70.2 Å². The summed E-state index contributed by atoms with van der Waals surface area (Å²) in [6, 6.07) is 14.8. The summed E-state index contributed by atoms with van der Waals surface area (Å²) in [5.41, 5.74) is 3.93. The first-order valence-electron chi connectivity index (χ1n) is 11.0. The van der Waals surface area contributed by atoms with Crippen molar-refractivity contribution in [2.75, 3.05) is 13.1 Å². The smallest absolute Gasteiger partial charge is 0.271 e. The number of allylic oxidation sites excluding steroid dienone is 1. The number of likely N-dealkylation sites (N-methyl/N-ethyl adjacent to an activating group) is 1. The van der Waals surface area contributed by atoms with Crippen LogP contribution >= 0.6 is 22.9 Å². The highest BCUT2D eigenvalue weighted by Gasteiger charge is 2.34. The summed E-state index contributed by atoms with van der Waals surface area (Å²) in [4.78, 5) is 34.2. The van der Waals surface area contributed by atoms with Crippen LogP contribution in [-0.2, 0) is 4.79 Å². The van der Waals surface area contributed by atoms with Gasteiger partial charge in [0.15, 0.2) is 4.80 Å². The number of aryl methyl sites for hydroxylation is 1. The van der Waals surface area contributed by atoms with E-state index < -0.39 is 6.04 Å². The first-order chi connectivity index (χ1) is 15.8. The van der Waals surface area contributed by atoms with Gasteiger partial charge in [0, 0.05) is 18.1 Å². The van der Waals surface area contributed by atoms with Gasteiger partial charge < -0.3 is 4.90 Å². The van der Waals surface area contributed by atoms with Gasteiger partial charge in [-0.1, -0.05) is 64.9 Å². The summed E-state index contributed by atoms with van der Waals surface area (Å²) < 4.78 is 2.23. The maximum absolute atomic E-state index is 13.6. The molecular weight excluding hydrogens is 454 g/mol. The summed E-state index contributed by atoms with van der Waals surface area (Å²) >= 11 is 7.48. The van der Waals surface area contributed by atoms with Crippen LogP contribution < -0.4 is 14.9 Å². The molecule has 0 radical (unpaired) electrons. The molecule has 0 aliphatic carbocycles. The minimum atomic E-state index is -0.563. The zero-order chi connectivity index (χ0) is 23.7. The molecule has 33 heavy (non-hydrogen) atoms. The highest BCUT2D eigenvalue weighted by Crippen LogP contribution is 2.31. The largest absolute Gasteiger partial charge is 0.339 e. The second-order valence-electron chi connectivity index (χ2n) is 8.02. The zero-order valence-corrected chi connectivity index (χ0v) is 20.7. The van der Waals surface area contributed by atoms with E-state index in [0.717, 1.165) is 16.7 Å². The first-order valence-corrected chi connectivity index (χ1v) is 12.2. The van der Waals surface area contributed by atoms with Crippen molar-refractivity contribution in [2.24, 2.45) is 4.99 Å². The fourth-order valence-electron chi connectivity index (χ4n) is 4.05. The second-order valence-corrected chi connectivity index (χ2v) is 9.47. The van der Waals surface area contributed by atoms with Gasteiger partial charge in [-0.15, -0.1) is 0 Å². The fourth-order valence-corrected chi connectivity index (χ4v) is 5.22. The molecule has 0 N–H and O–H groups in total. The van der Waals surface area contributed by atoms with Crippen molar-refractivity contribution >= 4 is 34.9 Å². The van der Waals surface area contributed by atoms with Crippen LogP contribution in [-0.4, -0.2) is 28.5 Å². The van der Waals surface area contributed by atoms with Crippen molar-refractivity contribution < 1.29 is 4.79 Å². The molecule has 0 saturated carbocycles. The van der Waals surface area contributed by atoms with E-state index in [1.54, 1.807) is 21.6 Å². The monoisotopic (exact) mass is 479 g/mol. The molecule has 0 unspecified atom stereocenters. The molecule has 1 aliphatic rings. The van der Waals surface area contributed by atoms with Crippen molar-refractivity contribution in [3.8, 4) is 0 Å². The molecule has 2 heterocycles. The lowest BCUT2D eigenvalue weighted by Gasteiger charge is -2.29. The van der Waals surface area contributed by atoms with Crippen molar-refractivity contribution in [3.63, 3.8) is 0 Å². The van der Waals surface area contributed by atoms with E-state index in [0.29, 0.717) is 38.7 Å². The van der Waals surface area contributed by atoms with E-state index in [4.69, 9.17) is 16.6 Å². The lowest BCUT2D eigenvalue weighted by molar-refractivity contribution is -0.127. The summed E-state index contributed by atoms with van der Waals surface area (Å²) in [5.74, 6) is -0.103. The minimum absolute atomic E-state index is 0.103. The van der Waals surface area contributed by atoms with Crippen LogP contribution in [0.3, 0.4) is 0 Å². The summed E-state index contributed by atoms with van der Waals surface area (Å²) in [5, 5.41) is 0.600.